The van der Waals surface area contributed by atoms with E-state index in [4.69, 9.17) is 4.74 Å². The first-order valence-corrected chi connectivity index (χ1v) is 10.3. The quantitative estimate of drug-likeness (QED) is 0.442. The minimum Gasteiger partial charge on any atom is -0.445 e. The Morgan fingerprint density at radius 3 is 2.41 bits per heavy atom. The van der Waals surface area contributed by atoms with Gasteiger partial charge in [0.25, 0.3) is 0 Å². The SMILES string of the molecule is O=C(NCC(C(=O)Nc1ccc2cnccc2c1)c1ccccc1)OCc1ccccc1. The number of alkyl carbamates (subject to hydrolysis) is 1. The van der Waals surface area contributed by atoms with Gasteiger partial charge < -0.3 is 15.4 Å². The maximum Gasteiger partial charge on any atom is 0.407 e. The molecule has 6 nitrogen and oxygen atoms in total. The van der Waals surface area contributed by atoms with Crippen LogP contribution >= 0.6 is 0 Å². The van der Waals surface area contributed by atoms with Crippen molar-refractivity contribution in [3.8, 4) is 0 Å². The molecule has 2 amide bonds. The first kappa shape index (κ1) is 21.1. The van der Waals surface area contributed by atoms with Crippen LogP contribution in [0.25, 0.3) is 10.8 Å². The lowest BCUT2D eigenvalue weighted by molar-refractivity contribution is -0.117. The standard InChI is InChI=1S/C26H23N3O3/c30-25(29-23-12-11-22-16-27-14-13-21(22)15-23)24(20-9-5-2-6-10-20)17-28-26(31)32-18-19-7-3-1-4-8-19/h1-16,24H,17-18H2,(H,28,31)(H,29,30). The monoisotopic (exact) mass is 425 g/mol. The van der Waals surface area contributed by atoms with Crippen LogP contribution in [0.2, 0.25) is 0 Å². The summed E-state index contributed by atoms with van der Waals surface area (Å²) in [5.41, 5.74) is 2.38. The second kappa shape index (κ2) is 10.2. The van der Waals surface area contributed by atoms with E-state index in [0.717, 1.165) is 21.9 Å². The molecule has 0 bridgehead atoms. The number of hydrogen-bond donors (Lipinski definition) is 2. The van der Waals surface area contributed by atoms with Crippen LogP contribution in [0.15, 0.2) is 97.3 Å². The molecule has 4 rings (SSSR count). The summed E-state index contributed by atoms with van der Waals surface area (Å²) in [5.74, 6) is -0.790. The molecule has 1 atom stereocenters. The predicted octanol–water partition coefficient (Wildman–Crippen LogP) is 4.88. The zero-order valence-corrected chi connectivity index (χ0v) is 17.4. The fourth-order valence-electron chi connectivity index (χ4n) is 3.40. The van der Waals surface area contributed by atoms with Crippen molar-refractivity contribution in [2.24, 2.45) is 0 Å². The van der Waals surface area contributed by atoms with Crippen molar-refractivity contribution >= 4 is 28.5 Å². The topological polar surface area (TPSA) is 80.3 Å². The van der Waals surface area contributed by atoms with Gasteiger partial charge in [-0.2, -0.15) is 0 Å². The fraction of sp³-hybridized carbons (Fsp3) is 0.115. The summed E-state index contributed by atoms with van der Waals surface area (Å²) >= 11 is 0. The zero-order valence-electron chi connectivity index (χ0n) is 17.4. The van der Waals surface area contributed by atoms with Crippen LogP contribution in [0, 0.1) is 0 Å². The highest BCUT2D eigenvalue weighted by Crippen LogP contribution is 2.21. The summed E-state index contributed by atoms with van der Waals surface area (Å²) in [5, 5.41) is 7.66. The molecule has 4 aromatic rings. The second-order valence-electron chi connectivity index (χ2n) is 7.33. The number of rotatable bonds is 7. The Hall–Kier alpha value is -4.19. The van der Waals surface area contributed by atoms with Gasteiger partial charge in [-0.05, 0) is 34.7 Å². The van der Waals surface area contributed by atoms with E-state index in [0.29, 0.717) is 5.69 Å². The third-order valence-electron chi connectivity index (χ3n) is 5.09. The molecule has 0 aliphatic heterocycles. The molecule has 6 heteroatoms. The highest BCUT2D eigenvalue weighted by Gasteiger charge is 2.22. The van der Waals surface area contributed by atoms with Crippen LogP contribution in [-0.4, -0.2) is 23.5 Å². The van der Waals surface area contributed by atoms with Crippen LogP contribution in [-0.2, 0) is 16.1 Å². The van der Waals surface area contributed by atoms with E-state index in [2.05, 4.69) is 15.6 Å². The number of carbonyl (C=O) groups excluding carboxylic acids is 2. The minimum atomic E-state index is -0.575. The number of fused-ring (bicyclic) bond motifs is 1. The average molecular weight is 425 g/mol. The predicted molar refractivity (Wildman–Crippen MR) is 124 cm³/mol. The fourth-order valence-corrected chi connectivity index (χ4v) is 3.40. The smallest absolute Gasteiger partial charge is 0.407 e. The number of nitrogens with zero attached hydrogens (tertiary/aromatic N) is 1. The number of aromatic nitrogens is 1. The molecule has 32 heavy (non-hydrogen) atoms. The van der Waals surface area contributed by atoms with E-state index in [-0.39, 0.29) is 19.1 Å². The number of nitrogens with one attached hydrogen (secondary N) is 2. The van der Waals surface area contributed by atoms with Gasteiger partial charge in [0.2, 0.25) is 5.91 Å². The highest BCUT2D eigenvalue weighted by molar-refractivity contribution is 5.98. The van der Waals surface area contributed by atoms with Crippen molar-refractivity contribution in [3.05, 3.63) is 108 Å². The van der Waals surface area contributed by atoms with Gasteiger partial charge in [-0.15, -0.1) is 0 Å². The van der Waals surface area contributed by atoms with Gasteiger partial charge in [0.15, 0.2) is 0 Å². The Bertz CT molecular complexity index is 1200. The molecule has 3 aromatic carbocycles. The summed E-state index contributed by atoms with van der Waals surface area (Å²) in [6, 6.07) is 26.3. The van der Waals surface area contributed by atoms with Crippen LogP contribution in [0.4, 0.5) is 10.5 Å². The van der Waals surface area contributed by atoms with Crippen LogP contribution < -0.4 is 10.6 Å². The Morgan fingerprint density at radius 2 is 1.62 bits per heavy atom. The largest absolute Gasteiger partial charge is 0.445 e. The molecule has 0 aliphatic rings. The Kier molecular flexibility index (Phi) is 6.72. The van der Waals surface area contributed by atoms with Crippen molar-refractivity contribution in [1.29, 1.82) is 0 Å². The number of pyridine rings is 1. The van der Waals surface area contributed by atoms with Gasteiger partial charge in [-0.3, -0.25) is 9.78 Å². The van der Waals surface area contributed by atoms with Gasteiger partial charge in [0.05, 0.1) is 5.92 Å². The summed E-state index contributed by atoms with van der Waals surface area (Å²) < 4.78 is 5.27. The lowest BCUT2D eigenvalue weighted by Crippen LogP contribution is -2.34. The van der Waals surface area contributed by atoms with Gasteiger partial charge in [-0.1, -0.05) is 66.7 Å². The Labute approximate surface area is 186 Å². The molecule has 0 saturated heterocycles. The molecular formula is C26H23N3O3. The highest BCUT2D eigenvalue weighted by atomic mass is 16.5. The van der Waals surface area contributed by atoms with E-state index in [1.807, 2.05) is 84.9 Å². The van der Waals surface area contributed by atoms with Gasteiger partial charge in [0, 0.05) is 30.0 Å². The number of hydrogen-bond acceptors (Lipinski definition) is 4. The third-order valence-corrected chi connectivity index (χ3v) is 5.09. The molecule has 1 aromatic heterocycles. The summed E-state index contributed by atoms with van der Waals surface area (Å²) in [6.45, 7) is 0.280. The van der Waals surface area contributed by atoms with Crippen molar-refractivity contribution < 1.29 is 14.3 Å². The molecule has 1 heterocycles. The number of anilines is 1. The zero-order chi connectivity index (χ0) is 22.2. The van der Waals surface area contributed by atoms with Crippen molar-refractivity contribution in [2.45, 2.75) is 12.5 Å². The van der Waals surface area contributed by atoms with Crippen LogP contribution in [0.1, 0.15) is 17.0 Å². The average Bonchev–Trinajstić information content (AvgIpc) is 2.84. The first-order chi connectivity index (χ1) is 15.7. The molecule has 0 spiro atoms. The summed E-state index contributed by atoms with van der Waals surface area (Å²) in [6.07, 6.45) is 2.92. The van der Waals surface area contributed by atoms with Gasteiger partial charge in [0.1, 0.15) is 6.61 Å². The molecule has 0 radical (unpaired) electrons. The maximum atomic E-state index is 13.1. The van der Waals surface area contributed by atoms with E-state index in [1.165, 1.54) is 0 Å². The maximum absolute atomic E-state index is 13.1. The molecule has 0 fully saturated rings. The van der Waals surface area contributed by atoms with Gasteiger partial charge in [-0.25, -0.2) is 4.79 Å². The normalized spacial score (nSPS) is 11.5. The number of benzene rings is 3. The second-order valence-corrected chi connectivity index (χ2v) is 7.33. The minimum absolute atomic E-state index is 0.112. The number of amides is 2. The van der Waals surface area contributed by atoms with Crippen molar-refractivity contribution in [3.63, 3.8) is 0 Å². The van der Waals surface area contributed by atoms with E-state index in [9.17, 15) is 9.59 Å². The molecule has 2 N–H and O–H groups in total. The molecule has 1 unspecified atom stereocenters. The number of ether oxygens (including phenoxy) is 1. The van der Waals surface area contributed by atoms with Crippen molar-refractivity contribution in [2.75, 3.05) is 11.9 Å². The summed E-state index contributed by atoms with van der Waals surface area (Å²) in [7, 11) is 0. The van der Waals surface area contributed by atoms with E-state index in [1.54, 1.807) is 12.4 Å². The van der Waals surface area contributed by atoms with Gasteiger partial charge >= 0.3 is 6.09 Å². The van der Waals surface area contributed by atoms with Crippen LogP contribution in [0.3, 0.4) is 0 Å². The lowest BCUT2D eigenvalue weighted by atomic mass is 9.98. The number of carbonyl (C=O) groups is 2. The Morgan fingerprint density at radius 1 is 0.875 bits per heavy atom. The molecule has 0 saturated carbocycles. The molecular weight excluding hydrogens is 402 g/mol. The van der Waals surface area contributed by atoms with E-state index >= 15 is 0 Å². The molecule has 160 valence electrons. The van der Waals surface area contributed by atoms with Crippen molar-refractivity contribution in [1.82, 2.24) is 10.3 Å². The molecule has 0 aliphatic carbocycles. The third kappa shape index (κ3) is 5.49. The Balaban J connectivity index is 1.42. The van der Waals surface area contributed by atoms with E-state index < -0.39 is 12.0 Å². The lowest BCUT2D eigenvalue weighted by Gasteiger charge is -2.18. The summed E-state index contributed by atoms with van der Waals surface area (Å²) in [4.78, 5) is 29.4. The first-order valence-electron chi connectivity index (χ1n) is 10.3. The van der Waals surface area contributed by atoms with Crippen LogP contribution in [0.5, 0.6) is 0 Å².